The highest BCUT2D eigenvalue weighted by Crippen LogP contribution is 2.38. The molecule has 35 heavy (non-hydrogen) atoms. The van der Waals surface area contributed by atoms with E-state index in [1.165, 1.54) is 13.8 Å². The number of anilines is 1. The van der Waals surface area contributed by atoms with E-state index in [2.05, 4.69) is 29.6 Å². The molecule has 4 nitrogen and oxygen atoms in total. The molecule has 4 rings (SSSR count). The van der Waals surface area contributed by atoms with Crippen molar-refractivity contribution in [3.63, 3.8) is 0 Å². The maximum absolute atomic E-state index is 13.2. The number of carbonyl (C=O) groups is 1. The zero-order valence-corrected chi connectivity index (χ0v) is 20.7. The second-order valence-corrected chi connectivity index (χ2v) is 10.6. The Balaban J connectivity index is 1.24. The maximum Gasteiger partial charge on any atom is 0.395 e. The number of amides is 1. The molecule has 2 aromatic carbocycles. The van der Waals surface area contributed by atoms with E-state index >= 15 is 0 Å². The topological polar surface area (TPSA) is 35.6 Å². The summed E-state index contributed by atoms with van der Waals surface area (Å²) in [7, 11) is 0. The largest absolute Gasteiger partial charge is 0.395 e. The van der Waals surface area contributed by atoms with Gasteiger partial charge in [0, 0.05) is 37.4 Å². The number of carbonyl (C=O) groups excluding carboxylic acids is 1. The molecule has 2 aliphatic rings. The molecule has 0 bridgehead atoms. The Bertz CT molecular complexity index is 972. The van der Waals surface area contributed by atoms with Crippen LogP contribution < -0.4 is 5.32 Å². The number of alkyl halides is 3. The van der Waals surface area contributed by atoms with Crippen molar-refractivity contribution in [2.45, 2.75) is 45.7 Å². The van der Waals surface area contributed by atoms with Gasteiger partial charge in [-0.3, -0.25) is 4.79 Å². The predicted octanol–water partition coefficient (Wildman–Crippen LogP) is 6.30. The van der Waals surface area contributed by atoms with Gasteiger partial charge in [0.25, 0.3) is 5.91 Å². The number of nitrogens with zero attached hydrogens (tertiary/aromatic N) is 2. The van der Waals surface area contributed by atoms with Gasteiger partial charge in [-0.15, -0.1) is 0 Å². The van der Waals surface area contributed by atoms with E-state index in [1.807, 2.05) is 34.1 Å². The summed E-state index contributed by atoms with van der Waals surface area (Å²) in [5.74, 6) is 0.573. The molecule has 0 aromatic heterocycles. The van der Waals surface area contributed by atoms with Crippen LogP contribution in [0.15, 0.2) is 48.5 Å². The summed E-state index contributed by atoms with van der Waals surface area (Å²) in [4.78, 5) is 16.4. The molecule has 2 fully saturated rings. The SMILES string of the molecule is CC(C)(CN1CCC(CNc2ccc(-c3ccc(C(=O)N4CCCC4)cc3)cc2)CC1)C(F)(F)F. The maximum atomic E-state index is 13.2. The van der Waals surface area contributed by atoms with Crippen molar-refractivity contribution in [2.75, 3.05) is 44.6 Å². The lowest BCUT2D eigenvalue weighted by Crippen LogP contribution is -2.46. The van der Waals surface area contributed by atoms with E-state index in [4.69, 9.17) is 0 Å². The summed E-state index contributed by atoms with van der Waals surface area (Å²) in [5, 5.41) is 3.49. The second-order valence-electron chi connectivity index (χ2n) is 10.6. The van der Waals surface area contributed by atoms with Crippen molar-refractivity contribution in [1.29, 1.82) is 0 Å². The first-order valence-corrected chi connectivity index (χ1v) is 12.7. The zero-order valence-electron chi connectivity index (χ0n) is 20.7. The van der Waals surface area contributed by atoms with Crippen LogP contribution >= 0.6 is 0 Å². The van der Waals surface area contributed by atoms with Crippen LogP contribution in [-0.2, 0) is 0 Å². The minimum atomic E-state index is -4.18. The fourth-order valence-corrected chi connectivity index (χ4v) is 4.95. The number of nitrogens with one attached hydrogen (secondary N) is 1. The quantitative estimate of drug-likeness (QED) is 0.498. The van der Waals surface area contributed by atoms with Crippen LogP contribution in [0.5, 0.6) is 0 Å². The fourth-order valence-electron chi connectivity index (χ4n) is 4.95. The van der Waals surface area contributed by atoms with Gasteiger partial charge in [0.05, 0.1) is 5.41 Å². The molecule has 2 heterocycles. The van der Waals surface area contributed by atoms with Crippen LogP contribution in [0.2, 0.25) is 0 Å². The van der Waals surface area contributed by atoms with Crippen LogP contribution in [0.25, 0.3) is 11.1 Å². The van der Waals surface area contributed by atoms with Gasteiger partial charge in [-0.05, 0) is 93.9 Å². The lowest BCUT2D eigenvalue weighted by atomic mass is 9.89. The first kappa shape index (κ1) is 25.5. The molecule has 2 saturated heterocycles. The Kier molecular flexibility index (Phi) is 7.74. The third-order valence-electron chi connectivity index (χ3n) is 7.43. The fraction of sp³-hybridized carbons (Fsp3) is 0.536. The predicted molar refractivity (Wildman–Crippen MR) is 135 cm³/mol. The smallest absolute Gasteiger partial charge is 0.385 e. The third-order valence-corrected chi connectivity index (χ3v) is 7.43. The Morgan fingerprint density at radius 1 is 0.886 bits per heavy atom. The molecule has 0 unspecified atom stereocenters. The van der Waals surface area contributed by atoms with Gasteiger partial charge in [-0.1, -0.05) is 24.3 Å². The molecule has 1 N–H and O–H groups in total. The Morgan fingerprint density at radius 2 is 1.43 bits per heavy atom. The molecular formula is C28H36F3N3O. The van der Waals surface area contributed by atoms with Crippen LogP contribution in [0, 0.1) is 11.3 Å². The van der Waals surface area contributed by atoms with E-state index in [1.54, 1.807) is 0 Å². The molecule has 7 heteroatoms. The van der Waals surface area contributed by atoms with Crippen molar-refractivity contribution >= 4 is 11.6 Å². The molecule has 2 aliphatic heterocycles. The molecule has 190 valence electrons. The summed E-state index contributed by atoms with van der Waals surface area (Å²) in [6, 6.07) is 16.1. The number of hydrogen-bond acceptors (Lipinski definition) is 3. The summed E-state index contributed by atoms with van der Waals surface area (Å²) >= 11 is 0. The van der Waals surface area contributed by atoms with Gasteiger partial charge in [0.2, 0.25) is 0 Å². The lowest BCUT2D eigenvalue weighted by Gasteiger charge is -2.38. The van der Waals surface area contributed by atoms with E-state index in [0.29, 0.717) is 19.0 Å². The minimum absolute atomic E-state index is 0.0610. The van der Waals surface area contributed by atoms with Crippen molar-refractivity contribution in [3.05, 3.63) is 54.1 Å². The average molecular weight is 488 g/mol. The number of piperidine rings is 1. The molecule has 1 amide bonds. The van der Waals surface area contributed by atoms with Gasteiger partial charge in [-0.2, -0.15) is 13.2 Å². The summed E-state index contributed by atoms with van der Waals surface area (Å²) < 4.78 is 39.5. The highest BCUT2D eigenvalue weighted by atomic mass is 19.4. The van der Waals surface area contributed by atoms with Crippen LogP contribution in [0.1, 0.15) is 49.9 Å². The minimum Gasteiger partial charge on any atom is -0.385 e. The monoisotopic (exact) mass is 487 g/mol. The van der Waals surface area contributed by atoms with Gasteiger partial charge >= 0.3 is 6.18 Å². The lowest BCUT2D eigenvalue weighted by molar-refractivity contribution is -0.217. The normalized spacial score (nSPS) is 18.1. The van der Waals surface area contributed by atoms with Crippen LogP contribution in [0.3, 0.4) is 0 Å². The molecule has 2 aromatic rings. The molecular weight excluding hydrogens is 451 g/mol. The number of benzene rings is 2. The van der Waals surface area contributed by atoms with Gasteiger partial charge in [0.1, 0.15) is 0 Å². The number of likely N-dealkylation sites (tertiary alicyclic amines) is 2. The van der Waals surface area contributed by atoms with Crippen molar-refractivity contribution in [1.82, 2.24) is 9.80 Å². The van der Waals surface area contributed by atoms with Crippen molar-refractivity contribution < 1.29 is 18.0 Å². The second kappa shape index (κ2) is 10.6. The highest BCUT2D eigenvalue weighted by Gasteiger charge is 2.48. The van der Waals surface area contributed by atoms with Gasteiger partial charge in [0.15, 0.2) is 0 Å². The number of rotatable bonds is 7. The van der Waals surface area contributed by atoms with Gasteiger partial charge < -0.3 is 15.1 Å². The Labute approximate surface area is 206 Å². The van der Waals surface area contributed by atoms with Crippen LogP contribution in [-0.4, -0.2) is 61.2 Å². The van der Waals surface area contributed by atoms with E-state index < -0.39 is 11.6 Å². The van der Waals surface area contributed by atoms with Crippen molar-refractivity contribution in [2.24, 2.45) is 11.3 Å². The number of halogens is 3. The summed E-state index contributed by atoms with van der Waals surface area (Å²) in [6.07, 6.45) is -0.193. The first-order valence-electron chi connectivity index (χ1n) is 12.7. The van der Waals surface area contributed by atoms with E-state index in [9.17, 15) is 18.0 Å². The van der Waals surface area contributed by atoms with Crippen LogP contribution in [0.4, 0.5) is 18.9 Å². The molecule has 0 aliphatic carbocycles. The zero-order chi connectivity index (χ0) is 25.1. The first-order chi connectivity index (χ1) is 16.6. The molecule has 0 saturated carbocycles. The highest BCUT2D eigenvalue weighted by molar-refractivity contribution is 5.94. The van der Waals surface area contributed by atoms with E-state index in [0.717, 1.165) is 67.7 Å². The average Bonchev–Trinajstić information content (AvgIpc) is 3.38. The Hall–Kier alpha value is -2.54. The third kappa shape index (κ3) is 6.37. The van der Waals surface area contributed by atoms with Gasteiger partial charge in [-0.25, -0.2) is 0 Å². The van der Waals surface area contributed by atoms with E-state index in [-0.39, 0.29) is 12.5 Å². The Morgan fingerprint density at radius 3 is 1.97 bits per heavy atom. The summed E-state index contributed by atoms with van der Waals surface area (Å²) in [6.45, 7) is 6.57. The summed E-state index contributed by atoms with van der Waals surface area (Å²) in [5.41, 5.74) is 2.26. The molecule has 0 spiro atoms. The van der Waals surface area contributed by atoms with Crippen molar-refractivity contribution in [3.8, 4) is 11.1 Å². The number of hydrogen-bond donors (Lipinski definition) is 1. The standard InChI is InChI=1S/C28H36F3N3O/c1-27(2,28(29,30)31)20-33-17-13-21(14-18-33)19-32-25-11-9-23(10-12-25)22-5-7-24(8-6-22)26(35)34-15-3-4-16-34/h5-12,21,32H,3-4,13-20H2,1-2H3. The molecule has 0 radical (unpaired) electrons. The molecule has 0 atom stereocenters.